The minimum Gasteiger partial charge on any atom is -0.379 e. The molecule has 1 heterocycles. The van der Waals surface area contributed by atoms with E-state index in [1.165, 1.54) is 64.3 Å². The first kappa shape index (κ1) is 15.0. The van der Waals surface area contributed by atoms with E-state index in [0.717, 1.165) is 26.3 Å². The summed E-state index contributed by atoms with van der Waals surface area (Å²) in [4.78, 5) is 2.55. The average molecular weight is 241 g/mol. The number of ether oxygens (including phenoxy) is 1. The molecular formula is C15H31NO. The van der Waals surface area contributed by atoms with E-state index < -0.39 is 0 Å². The topological polar surface area (TPSA) is 12.5 Å². The van der Waals surface area contributed by atoms with Crippen LogP contribution in [0.25, 0.3) is 0 Å². The van der Waals surface area contributed by atoms with Crippen molar-refractivity contribution in [2.75, 3.05) is 32.8 Å². The largest absolute Gasteiger partial charge is 0.379 e. The Bertz CT molecular complexity index is 155. The molecule has 0 saturated carbocycles. The molecule has 2 heteroatoms. The van der Waals surface area contributed by atoms with Crippen LogP contribution in [-0.2, 0) is 4.74 Å². The number of rotatable bonds is 10. The van der Waals surface area contributed by atoms with E-state index in [4.69, 9.17) is 4.74 Å². The Hall–Kier alpha value is -0.0800. The van der Waals surface area contributed by atoms with Gasteiger partial charge in [0.05, 0.1) is 13.2 Å². The Balaban J connectivity index is 1.75. The van der Waals surface area contributed by atoms with E-state index in [0.29, 0.717) is 0 Å². The van der Waals surface area contributed by atoms with Gasteiger partial charge < -0.3 is 4.74 Å². The molecule has 0 spiro atoms. The van der Waals surface area contributed by atoms with Gasteiger partial charge in [-0.2, -0.15) is 0 Å². The smallest absolute Gasteiger partial charge is 0.0594 e. The lowest BCUT2D eigenvalue weighted by molar-refractivity contribution is 0.0371. The van der Waals surface area contributed by atoms with Crippen molar-refractivity contribution < 1.29 is 4.74 Å². The van der Waals surface area contributed by atoms with Crippen LogP contribution in [0.5, 0.6) is 0 Å². The Labute approximate surface area is 108 Å². The van der Waals surface area contributed by atoms with Gasteiger partial charge in [0.1, 0.15) is 0 Å². The molecule has 1 fully saturated rings. The molecule has 0 amide bonds. The highest BCUT2D eigenvalue weighted by molar-refractivity contribution is 4.61. The number of hydrogen-bond donors (Lipinski definition) is 0. The van der Waals surface area contributed by atoms with Crippen LogP contribution in [-0.4, -0.2) is 37.7 Å². The van der Waals surface area contributed by atoms with E-state index in [9.17, 15) is 0 Å². The molecule has 0 aromatic carbocycles. The summed E-state index contributed by atoms with van der Waals surface area (Å²) in [7, 11) is 0. The fraction of sp³-hybridized carbons (Fsp3) is 1.00. The summed E-state index contributed by atoms with van der Waals surface area (Å²) in [6.45, 7) is 7.76. The van der Waals surface area contributed by atoms with Crippen molar-refractivity contribution in [3.63, 3.8) is 0 Å². The van der Waals surface area contributed by atoms with Gasteiger partial charge in [-0.25, -0.2) is 0 Å². The van der Waals surface area contributed by atoms with E-state index in [1.807, 2.05) is 0 Å². The lowest BCUT2D eigenvalue weighted by atomic mass is 10.1. The summed E-state index contributed by atoms with van der Waals surface area (Å²) in [6, 6.07) is 0. The minimum atomic E-state index is 0.942. The number of unbranched alkanes of at least 4 members (excludes halogenated alkanes) is 8. The zero-order chi connectivity index (χ0) is 12.2. The Kier molecular flexibility index (Phi) is 9.72. The summed E-state index contributed by atoms with van der Waals surface area (Å²) < 4.78 is 5.35. The van der Waals surface area contributed by atoms with E-state index in [1.54, 1.807) is 0 Å². The second kappa shape index (κ2) is 11.0. The molecule has 1 aliphatic rings. The molecule has 0 atom stereocenters. The van der Waals surface area contributed by atoms with Crippen LogP contribution in [0.4, 0.5) is 0 Å². The summed E-state index contributed by atoms with van der Waals surface area (Å²) in [5, 5.41) is 0. The predicted octanol–water partition coefficient (Wildman–Crippen LogP) is 3.85. The number of nitrogens with zero attached hydrogens (tertiary/aromatic N) is 1. The third-order valence-electron chi connectivity index (χ3n) is 3.68. The zero-order valence-electron chi connectivity index (χ0n) is 11.8. The fourth-order valence-electron chi connectivity index (χ4n) is 2.47. The van der Waals surface area contributed by atoms with Gasteiger partial charge in [0, 0.05) is 13.1 Å². The first-order valence-corrected chi connectivity index (χ1v) is 7.73. The quantitative estimate of drug-likeness (QED) is 0.539. The average Bonchev–Trinajstić information content (AvgIpc) is 2.38. The van der Waals surface area contributed by atoms with Crippen LogP contribution >= 0.6 is 0 Å². The minimum absolute atomic E-state index is 0.942. The first-order valence-electron chi connectivity index (χ1n) is 7.73. The molecular weight excluding hydrogens is 210 g/mol. The van der Waals surface area contributed by atoms with Crippen LogP contribution in [0.15, 0.2) is 0 Å². The van der Waals surface area contributed by atoms with Gasteiger partial charge in [-0.3, -0.25) is 4.90 Å². The molecule has 0 N–H and O–H groups in total. The SMILES string of the molecule is CCCCCCCCCCCN1CCOCC1. The molecule has 0 aromatic rings. The zero-order valence-corrected chi connectivity index (χ0v) is 11.8. The van der Waals surface area contributed by atoms with E-state index >= 15 is 0 Å². The highest BCUT2D eigenvalue weighted by Crippen LogP contribution is 2.10. The van der Waals surface area contributed by atoms with Crippen molar-refractivity contribution in [1.82, 2.24) is 4.90 Å². The molecule has 0 bridgehead atoms. The molecule has 0 unspecified atom stereocenters. The van der Waals surface area contributed by atoms with Crippen LogP contribution in [0.2, 0.25) is 0 Å². The van der Waals surface area contributed by atoms with E-state index in [2.05, 4.69) is 11.8 Å². The van der Waals surface area contributed by atoms with Crippen molar-refractivity contribution in [1.29, 1.82) is 0 Å². The van der Waals surface area contributed by atoms with Gasteiger partial charge in [-0.15, -0.1) is 0 Å². The molecule has 2 nitrogen and oxygen atoms in total. The normalized spacial score (nSPS) is 17.5. The van der Waals surface area contributed by atoms with Crippen LogP contribution in [0, 0.1) is 0 Å². The lowest BCUT2D eigenvalue weighted by Crippen LogP contribution is -2.36. The second-order valence-electron chi connectivity index (χ2n) is 5.28. The monoisotopic (exact) mass is 241 g/mol. The third kappa shape index (κ3) is 8.62. The van der Waals surface area contributed by atoms with Gasteiger partial charge in [-0.1, -0.05) is 58.3 Å². The van der Waals surface area contributed by atoms with Gasteiger partial charge in [0.2, 0.25) is 0 Å². The molecule has 17 heavy (non-hydrogen) atoms. The molecule has 102 valence electrons. The summed E-state index contributed by atoms with van der Waals surface area (Å²) in [5.74, 6) is 0. The maximum absolute atomic E-state index is 5.35. The second-order valence-corrected chi connectivity index (χ2v) is 5.28. The molecule has 0 aliphatic carbocycles. The highest BCUT2D eigenvalue weighted by atomic mass is 16.5. The Morgan fingerprint density at radius 3 is 1.88 bits per heavy atom. The molecule has 0 aromatic heterocycles. The van der Waals surface area contributed by atoms with Crippen molar-refractivity contribution in [2.24, 2.45) is 0 Å². The van der Waals surface area contributed by atoms with Crippen molar-refractivity contribution in [2.45, 2.75) is 64.7 Å². The van der Waals surface area contributed by atoms with E-state index in [-0.39, 0.29) is 0 Å². The number of morpholine rings is 1. The molecule has 1 saturated heterocycles. The van der Waals surface area contributed by atoms with Gasteiger partial charge in [0.25, 0.3) is 0 Å². The molecule has 0 radical (unpaired) electrons. The van der Waals surface area contributed by atoms with Crippen molar-refractivity contribution in [3.8, 4) is 0 Å². The molecule has 1 rings (SSSR count). The van der Waals surface area contributed by atoms with Gasteiger partial charge >= 0.3 is 0 Å². The highest BCUT2D eigenvalue weighted by Gasteiger charge is 2.08. The predicted molar refractivity (Wildman–Crippen MR) is 74.5 cm³/mol. The van der Waals surface area contributed by atoms with Crippen molar-refractivity contribution >= 4 is 0 Å². The maximum atomic E-state index is 5.35. The van der Waals surface area contributed by atoms with Crippen LogP contribution in [0.1, 0.15) is 64.7 Å². The summed E-state index contributed by atoms with van der Waals surface area (Å²) in [5.41, 5.74) is 0. The maximum Gasteiger partial charge on any atom is 0.0594 e. The standard InChI is InChI=1S/C15H31NO/c1-2-3-4-5-6-7-8-9-10-11-16-12-14-17-15-13-16/h2-15H2,1H3. The van der Waals surface area contributed by atoms with Gasteiger partial charge in [-0.05, 0) is 13.0 Å². The Morgan fingerprint density at radius 2 is 1.29 bits per heavy atom. The summed E-state index contributed by atoms with van der Waals surface area (Å²) >= 11 is 0. The lowest BCUT2D eigenvalue weighted by Gasteiger charge is -2.26. The first-order chi connectivity index (χ1) is 8.43. The van der Waals surface area contributed by atoms with Crippen LogP contribution in [0.3, 0.4) is 0 Å². The number of hydrogen-bond acceptors (Lipinski definition) is 2. The Morgan fingerprint density at radius 1 is 0.765 bits per heavy atom. The van der Waals surface area contributed by atoms with Crippen LogP contribution < -0.4 is 0 Å². The third-order valence-corrected chi connectivity index (χ3v) is 3.68. The van der Waals surface area contributed by atoms with Gasteiger partial charge in [0.15, 0.2) is 0 Å². The van der Waals surface area contributed by atoms with Crippen molar-refractivity contribution in [3.05, 3.63) is 0 Å². The fourth-order valence-corrected chi connectivity index (χ4v) is 2.47. The summed E-state index contributed by atoms with van der Waals surface area (Å²) in [6.07, 6.45) is 12.8. The molecule has 1 aliphatic heterocycles.